The van der Waals surface area contributed by atoms with Gasteiger partial charge in [-0.25, -0.2) is 0 Å². The molecule has 0 atom stereocenters. The number of nitrogens with zero attached hydrogens (tertiary/aromatic N) is 1. The van der Waals surface area contributed by atoms with Crippen LogP contribution in [0.1, 0.15) is 64.2 Å². The van der Waals surface area contributed by atoms with E-state index >= 15 is 0 Å². The summed E-state index contributed by atoms with van der Waals surface area (Å²) >= 11 is 0. The van der Waals surface area contributed by atoms with E-state index in [0.717, 1.165) is 5.56 Å². The molecule has 0 amide bonds. The molecule has 1 aromatic rings. The molecule has 1 aromatic carbocycles. The molecule has 0 radical (unpaired) electrons. The Bertz CT molecular complexity index is 498. The molecule has 18 heavy (non-hydrogen) atoms. The number of benzene rings is 1. The second-order valence-corrected chi connectivity index (χ2v) is 6.71. The van der Waals surface area contributed by atoms with Crippen LogP contribution in [-0.4, -0.2) is 10.9 Å². The minimum atomic E-state index is 0.205. The number of fused-ring (bicyclic) bond motifs is 1. The van der Waals surface area contributed by atoms with E-state index < -0.39 is 0 Å². The standard InChI is InChI=1S/C16H23NO/c1-11(17-18)12-6-7-13-14(10-12)16(4,5)9-8-15(13,2)3/h6-7,10,18H,8-9H2,1-5H3/b17-11+. The highest BCUT2D eigenvalue weighted by atomic mass is 16.4. The van der Waals surface area contributed by atoms with Crippen LogP contribution < -0.4 is 0 Å². The quantitative estimate of drug-likeness (QED) is 0.448. The lowest BCUT2D eigenvalue weighted by Gasteiger charge is -2.42. The molecule has 2 heteroatoms. The SMILES string of the molecule is C/C(=N\O)c1ccc2c(c1)C(C)(C)CCC2(C)C. The highest BCUT2D eigenvalue weighted by Gasteiger charge is 2.36. The van der Waals surface area contributed by atoms with Crippen LogP contribution in [0.4, 0.5) is 0 Å². The van der Waals surface area contributed by atoms with Crippen molar-refractivity contribution in [3.05, 3.63) is 34.9 Å². The Kier molecular flexibility index (Phi) is 3.00. The van der Waals surface area contributed by atoms with Crippen LogP contribution in [0.2, 0.25) is 0 Å². The monoisotopic (exact) mass is 245 g/mol. The first-order chi connectivity index (χ1) is 8.28. The lowest BCUT2D eigenvalue weighted by atomic mass is 9.63. The van der Waals surface area contributed by atoms with Crippen LogP contribution in [0.3, 0.4) is 0 Å². The first-order valence-electron chi connectivity index (χ1n) is 6.62. The fourth-order valence-corrected chi connectivity index (χ4v) is 2.87. The zero-order valence-corrected chi connectivity index (χ0v) is 12.0. The third kappa shape index (κ3) is 2.05. The van der Waals surface area contributed by atoms with Crippen molar-refractivity contribution < 1.29 is 5.21 Å². The van der Waals surface area contributed by atoms with Gasteiger partial charge in [-0.05, 0) is 53.4 Å². The lowest BCUT2D eigenvalue weighted by molar-refractivity contribution is 0.319. The molecule has 1 aliphatic carbocycles. The van der Waals surface area contributed by atoms with E-state index in [4.69, 9.17) is 5.21 Å². The van der Waals surface area contributed by atoms with Gasteiger partial charge >= 0.3 is 0 Å². The molecule has 0 saturated carbocycles. The van der Waals surface area contributed by atoms with Crippen LogP contribution in [-0.2, 0) is 10.8 Å². The van der Waals surface area contributed by atoms with Gasteiger partial charge in [0.15, 0.2) is 0 Å². The predicted octanol–water partition coefficient (Wildman–Crippen LogP) is 4.23. The van der Waals surface area contributed by atoms with E-state index in [1.54, 1.807) is 0 Å². The zero-order valence-electron chi connectivity index (χ0n) is 12.0. The van der Waals surface area contributed by atoms with Crippen molar-refractivity contribution in [3.8, 4) is 0 Å². The second kappa shape index (κ2) is 4.11. The predicted molar refractivity (Wildman–Crippen MR) is 75.7 cm³/mol. The fraction of sp³-hybridized carbons (Fsp3) is 0.562. The molecule has 2 nitrogen and oxygen atoms in total. The number of hydrogen-bond acceptors (Lipinski definition) is 2. The second-order valence-electron chi connectivity index (χ2n) is 6.71. The van der Waals surface area contributed by atoms with Gasteiger partial charge in [0.25, 0.3) is 0 Å². The van der Waals surface area contributed by atoms with E-state index in [0.29, 0.717) is 5.71 Å². The Balaban J connectivity index is 2.62. The number of rotatable bonds is 1. The first kappa shape index (κ1) is 13.1. The topological polar surface area (TPSA) is 32.6 Å². The molecule has 0 bridgehead atoms. The van der Waals surface area contributed by atoms with Gasteiger partial charge in [0, 0.05) is 0 Å². The van der Waals surface area contributed by atoms with Gasteiger partial charge in [-0.1, -0.05) is 45.0 Å². The van der Waals surface area contributed by atoms with Crippen molar-refractivity contribution in [2.24, 2.45) is 5.16 Å². The molecule has 0 aromatic heterocycles. The van der Waals surface area contributed by atoms with E-state index in [9.17, 15) is 0 Å². The van der Waals surface area contributed by atoms with E-state index in [1.807, 2.05) is 6.92 Å². The summed E-state index contributed by atoms with van der Waals surface area (Å²) in [6.45, 7) is 11.1. The van der Waals surface area contributed by atoms with Crippen LogP contribution in [0.5, 0.6) is 0 Å². The summed E-state index contributed by atoms with van der Waals surface area (Å²) in [4.78, 5) is 0. The average Bonchev–Trinajstić information content (AvgIpc) is 2.34. The number of oxime groups is 1. The molecule has 0 saturated heterocycles. The summed E-state index contributed by atoms with van der Waals surface area (Å²) in [6.07, 6.45) is 2.42. The molecular formula is C16H23NO. The average molecular weight is 245 g/mol. The molecule has 0 spiro atoms. The summed E-state index contributed by atoms with van der Waals surface area (Å²) in [5.74, 6) is 0. The summed E-state index contributed by atoms with van der Waals surface area (Å²) in [5.41, 5.74) is 4.98. The van der Waals surface area contributed by atoms with Crippen molar-refractivity contribution in [1.29, 1.82) is 0 Å². The van der Waals surface area contributed by atoms with Crippen LogP contribution >= 0.6 is 0 Å². The first-order valence-corrected chi connectivity index (χ1v) is 6.62. The Morgan fingerprint density at radius 1 is 1.06 bits per heavy atom. The molecular weight excluding hydrogens is 222 g/mol. The Hall–Kier alpha value is -1.31. The summed E-state index contributed by atoms with van der Waals surface area (Å²) < 4.78 is 0. The van der Waals surface area contributed by atoms with Crippen molar-refractivity contribution in [2.45, 2.75) is 58.3 Å². The van der Waals surface area contributed by atoms with Gasteiger partial charge in [0.2, 0.25) is 0 Å². The smallest absolute Gasteiger partial charge is 0.0837 e. The van der Waals surface area contributed by atoms with Gasteiger partial charge in [-0.3, -0.25) is 0 Å². The van der Waals surface area contributed by atoms with Gasteiger partial charge in [0.1, 0.15) is 0 Å². The molecule has 98 valence electrons. The van der Waals surface area contributed by atoms with Crippen LogP contribution in [0.15, 0.2) is 23.4 Å². The van der Waals surface area contributed by atoms with E-state index in [1.165, 1.54) is 24.0 Å². The zero-order chi connectivity index (χ0) is 13.6. The molecule has 0 heterocycles. The molecule has 0 fully saturated rings. The van der Waals surface area contributed by atoms with Gasteiger partial charge in [-0.2, -0.15) is 0 Å². The Morgan fingerprint density at radius 3 is 2.17 bits per heavy atom. The molecule has 0 unspecified atom stereocenters. The van der Waals surface area contributed by atoms with Crippen molar-refractivity contribution in [2.75, 3.05) is 0 Å². The van der Waals surface area contributed by atoms with Crippen LogP contribution in [0.25, 0.3) is 0 Å². The van der Waals surface area contributed by atoms with Crippen molar-refractivity contribution in [1.82, 2.24) is 0 Å². The molecule has 0 aliphatic heterocycles. The highest BCUT2D eigenvalue weighted by molar-refractivity contribution is 5.98. The minimum Gasteiger partial charge on any atom is -0.411 e. The van der Waals surface area contributed by atoms with Gasteiger partial charge < -0.3 is 5.21 Å². The lowest BCUT2D eigenvalue weighted by Crippen LogP contribution is -2.34. The normalized spacial score (nSPS) is 21.5. The fourth-order valence-electron chi connectivity index (χ4n) is 2.87. The Morgan fingerprint density at radius 2 is 1.61 bits per heavy atom. The third-order valence-electron chi connectivity index (χ3n) is 4.42. The summed E-state index contributed by atoms with van der Waals surface area (Å²) in [6, 6.07) is 6.47. The van der Waals surface area contributed by atoms with Crippen molar-refractivity contribution in [3.63, 3.8) is 0 Å². The molecule has 2 rings (SSSR count). The maximum Gasteiger partial charge on any atom is 0.0837 e. The number of hydrogen-bond donors (Lipinski definition) is 1. The van der Waals surface area contributed by atoms with Gasteiger partial charge in [0.05, 0.1) is 5.71 Å². The maximum atomic E-state index is 8.91. The third-order valence-corrected chi connectivity index (χ3v) is 4.42. The Labute approximate surface area is 110 Å². The summed E-state index contributed by atoms with van der Waals surface area (Å²) in [5, 5.41) is 12.2. The highest BCUT2D eigenvalue weighted by Crippen LogP contribution is 2.45. The van der Waals surface area contributed by atoms with E-state index in [-0.39, 0.29) is 10.8 Å². The minimum absolute atomic E-state index is 0.205. The van der Waals surface area contributed by atoms with Crippen LogP contribution in [0, 0.1) is 0 Å². The van der Waals surface area contributed by atoms with Crippen molar-refractivity contribution >= 4 is 5.71 Å². The van der Waals surface area contributed by atoms with E-state index in [2.05, 4.69) is 51.0 Å². The largest absolute Gasteiger partial charge is 0.411 e. The van der Waals surface area contributed by atoms with Gasteiger partial charge in [-0.15, -0.1) is 0 Å². The summed E-state index contributed by atoms with van der Waals surface area (Å²) in [7, 11) is 0. The molecule has 1 N–H and O–H groups in total. The maximum absolute atomic E-state index is 8.91. The molecule has 1 aliphatic rings.